The number of hydrogen-bond donors (Lipinski definition) is 2. The first kappa shape index (κ1) is 15.3. The summed E-state index contributed by atoms with van der Waals surface area (Å²) in [5.41, 5.74) is 4.62. The van der Waals surface area contributed by atoms with Gasteiger partial charge in [-0.25, -0.2) is 4.68 Å². The highest BCUT2D eigenvalue weighted by atomic mass is 16.3. The van der Waals surface area contributed by atoms with Crippen molar-refractivity contribution in [3.05, 3.63) is 78.2 Å². The van der Waals surface area contributed by atoms with Gasteiger partial charge in [-0.15, -0.1) is 5.10 Å². The third-order valence-corrected chi connectivity index (χ3v) is 4.04. The maximum absolute atomic E-state index is 9.42. The van der Waals surface area contributed by atoms with E-state index in [2.05, 4.69) is 32.7 Å². The van der Waals surface area contributed by atoms with Crippen molar-refractivity contribution in [1.82, 2.24) is 20.0 Å². The van der Waals surface area contributed by atoms with Gasteiger partial charge in [0.15, 0.2) is 0 Å². The van der Waals surface area contributed by atoms with E-state index in [9.17, 15) is 5.11 Å². The smallest absolute Gasteiger partial charge is 0.0854 e. The normalized spacial score (nSPS) is 10.9. The van der Waals surface area contributed by atoms with Gasteiger partial charge in [0, 0.05) is 17.6 Å². The lowest BCUT2D eigenvalue weighted by Gasteiger charge is -2.12. The first-order chi connectivity index (χ1) is 12.3. The lowest BCUT2D eigenvalue weighted by Crippen LogP contribution is -2.03. The van der Waals surface area contributed by atoms with Crippen LogP contribution in [0.15, 0.2) is 67.0 Å². The Morgan fingerprint density at radius 1 is 1.04 bits per heavy atom. The van der Waals surface area contributed by atoms with Gasteiger partial charge in [0.05, 0.1) is 35.9 Å². The van der Waals surface area contributed by atoms with Gasteiger partial charge in [0.25, 0.3) is 0 Å². The van der Waals surface area contributed by atoms with Crippen molar-refractivity contribution >= 4 is 16.6 Å². The van der Waals surface area contributed by atoms with E-state index in [0.717, 1.165) is 27.8 Å². The molecule has 124 valence electrons. The van der Waals surface area contributed by atoms with E-state index in [4.69, 9.17) is 0 Å². The summed E-state index contributed by atoms with van der Waals surface area (Å²) < 4.78 is 1.72. The molecule has 25 heavy (non-hydrogen) atoms. The summed E-state index contributed by atoms with van der Waals surface area (Å²) in [6.45, 7) is 0.600. The number of hydrogen-bond acceptors (Lipinski definition) is 5. The lowest BCUT2D eigenvalue weighted by atomic mass is 10.1. The number of nitrogens with zero attached hydrogens (tertiary/aromatic N) is 4. The predicted molar refractivity (Wildman–Crippen MR) is 96.4 cm³/mol. The minimum atomic E-state index is -0.0773. The Morgan fingerprint density at radius 2 is 1.88 bits per heavy atom. The Balaban J connectivity index is 1.56. The molecule has 0 radical (unpaired) electrons. The molecule has 0 aliphatic heterocycles. The molecular weight excluding hydrogens is 314 g/mol. The SMILES string of the molecule is OCc1cc(NCc2ccc(-n3ccnn3)cc2)c2ccccc2n1. The summed E-state index contributed by atoms with van der Waals surface area (Å²) in [5.74, 6) is 0. The van der Waals surface area contributed by atoms with Crippen LogP contribution in [0.5, 0.6) is 0 Å². The molecule has 0 amide bonds. The third kappa shape index (κ3) is 3.20. The van der Waals surface area contributed by atoms with Crippen LogP contribution < -0.4 is 5.32 Å². The number of benzene rings is 2. The van der Waals surface area contributed by atoms with Gasteiger partial charge in [-0.3, -0.25) is 4.98 Å². The zero-order chi connectivity index (χ0) is 17.1. The molecule has 6 nitrogen and oxygen atoms in total. The molecule has 2 aromatic heterocycles. The van der Waals surface area contributed by atoms with Crippen LogP contribution in [0, 0.1) is 0 Å². The fourth-order valence-corrected chi connectivity index (χ4v) is 2.77. The molecule has 4 aromatic rings. The molecule has 2 aromatic carbocycles. The van der Waals surface area contributed by atoms with Gasteiger partial charge in [0.1, 0.15) is 0 Å². The van der Waals surface area contributed by atoms with Crippen LogP contribution in [0.1, 0.15) is 11.3 Å². The number of fused-ring (bicyclic) bond motifs is 1. The Kier molecular flexibility index (Phi) is 4.10. The maximum Gasteiger partial charge on any atom is 0.0854 e. The highest BCUT2D eigenvalue weighted by Crippen LogP contribution is 2.24. The molecule has 0 unspecified atom stereocenters. The van der Waals surface area contributed by atoms with Crippen LogP contribution in [0.25, 0.3) is 16.6 Å². The molecule has 0 aliphatic rings. The summed E-state index contributed by atoms with van der Waals surface area (Å²) >= 11 is 0. The number of rotatable bonds is 5. The minimum absolute atomic E-state index is 0.0773. The number of para-hydroxylation sites is 1. The van der Waals surface area contributed by atoms with Gasteiger partial charge in [-0.05, 0) is 29.8 Å². The zero-order valence-electron chi connectivity index (χ0n) is 13.5. The van der Waals surface area contributed by atoms with Gasteiger partial charge < -0.3 is 10.4 Å². The monoisotopic (exact) mass is 331 g/mol. The largest absolute Gasteiger partial charge is 0.390 e. The number of aliphatic hydroxyl groups excluding tert-OH is 1. The van der Waals surface area contributed by atoms with Crippen LogP contribution in [-0.4, -0.2) is 25.1 Å². The molecule has 0 saturated carbocycles. The number of aliphatic hydroxyl groups is 1. The number of pyridine rings is 1. The van der Waals surface area contributed by atoms with Crippen molar-refractivity contribution in [3.8, 4) is 5.69 Å². The average molecular weight is 331 g/mol. The van der Waals surface area contributed by atoms with Crippen LogP contribution in [0.2, 0.25) is 0 Å². The van der Waals surface area contributed by atoms with E-state index in [1.807, 2.05) is 48.7 Å². The van der Waals surface area contributed by atoms with Crippen LogP contribution in [-0.2, 0) is 13.2 Å². The first-order valence-corrected chi connectivity index (χ1v) is 8.02. The molecule has 4 rings (SSSR count). The Labute approximate surface area is 144 Å². The maximum atomic E-state index is 9.42. The molecule has 0 fully saturated rings. The molecule has 0 bridgehead atoms. The van der Waals surface area contributed by atoms with Crippen LogP contribution in [0.4, 0.5) is 5.69 Å². The molecule has 0 spiro atoms. The fourth-order valence-electron chi connectivity index (χ4n) is 2.77. The minimum Gasteiger partial charge on any atom is -0.390 e. The highest BCUT2D eigenvalue weighted by molar-refractivity contribution is 5.91. The van der Waals surface area contributed by atoms with Crippen molar-refractivity contribution in [1.29, 1.82) is 0 Å². The topological polar surface area (TPSA) is 75.9 Å². The van der Waals surface area contributed by atoms with Gasteiger partial charge in [0.2, 0.25) is 0 Å². The second kappa shape index (κ2) is 6.70. The van der Waals surface area contributed by atoms with E-state index in [1.54, 1.807) is 10.9 Å². The Morgan fingerprint density at radius 3 is 2.64 bits per heavy atom. The van der Waals surface area contributed by atoms with E-state index < -0.39 is 0 Å². The molecule has 0 saturated heterocycles. The summed E-state index contributed by atoms with van der Waals surface area (Å²) in [5, 5.41) is 21.7. The van der Waals surface area contributed by atoms with Gasteiger partial charge in [-0.1, -0.05) is 35.5 Å². The van der Waals surface area contributed by atoms with Crippen molar-refractivity contribution in [3.63, 3.8) is 0 Å². The van der Waals surface area contributed by atoms with E-state index in [-0.39, 0.29) is 6.61 Å². The highest BCUT2D eigenvalue weighted by Gasteiger charge is 2.05. The summed E-state index contributed by atoms with van der Waals surface area (Å²) in [6, 6.07) is 17.9. The second-order valence-corrected chi connectivity index (χ2v) is 5.70. The van der Waals surface area contributed by atoms with E-state index in [1.165, 1.54) is 0 Å². The summed E-state index contributed by atoms with van der Waals surface area (Å²) in [7, 11) is 0. The van der Waals surface area contributed by atoms with Crippen molar-refractivity contribution in [2.24, 2.45) is 0 Å². The average Bonchev–Trinajstić information content (AvgIpc) is 3.21. The number of anilines is 1. The Hall–Kier alpha value is -3.25. The van der Waals surface area contributed by atoms with E-state index in [0.29, 0.717) is 12.2 Å². The third-order valence-electron chi connectivity index (χ3n) is 4.04. The fraction of sp³-hybridized carbons (Fsp3) is 0.105. The second-order valence-electron chi connectivity index (χ2n) is 5.70. The van der Waals surface area contributed by atoms with Crippen molar-refractivity contribution in [2.45, 2.75) is 13.2 Å². The number of nitrogens with one attached hydrogen (secondary N) is 1. The van der Waals surface area contributed by atoms with Crippen molar-refractivity contribution < 1.29 is 5.11 Å². The number of aromatic nitrogens is 4. The molecule has 0 atom stereocenters. The summed E-state index contributed by atoms with van der Waals surface area (Å²) in [6.07, 6.45) is 3.47. The molecule has 0 aliphatic carbocycles. The zero-order valence-corrected chi connectivity index (χ0v) is 13.5. The molecule has 2 heterocycles. The van der Waals surface area contributed by atoms with Gasteiger partial charge in [-0.2, -0.15) is 0 Å². The first-order valence-electron chi connectivity index (χ1n) is 8.02. The molecule has 6 heteroatoms. The molecular formula is C19H17N5O. The van der Waals surface area contributed by atoms with Gasteiger partial charge >= 0.3 is 0 Å². The van der Waals surface area contributed by atoms with Crippen molar-refractivity contribution in [2.75, 3.05) is 5.32 Å². The molecule has 2 N–H and O–H groups in total. The lowest BCUT2D eigenvalue weighted by molar-refractivity contribution is 0.277. The van der Waals surface area contributed by atoms with Crippen LogP contribution in [0.3, 0.4) is 0 Å². The standard InChI is InChI=1S/C19H17N5O/c25-13-15-11-19(17-3-1-2-4-18(17)22-15)20-12-14-5-7-16(8-6-14)24-10-9-21-23-24/h1-11,25H,12-13H2,(H,20,22). The Bertz CT molecular complexity index is 981. The predicted octanol–water partition coefficient (Wildman–Crippen LogP) is 2.92. The van der Waals surface area contributed by atoms with Crippen LogP contribution >= 0.6 is 0 Å². The summed E-state index contributed by atoms with van der Waals surface area (Å²) in [4.78, 5) is 4.44. The quantitative estimate of drug-likeness (QED) is 0.588. The van der Waals surface area contributed by atoms with E-state index >= 15 is 0 Å².